The SMILES string of the molecule is [B][C@H]1C[C@H](CN[I-]C)N(CC(C)=O)C1. The first-order chi connectivity index (χ1) is 6.63. The fourth-order valence-corrected chi connectivity index (χ4v) is 2.83. The third kappa shape index (κ3) is 3.86. The molecule has 0 aromatic heterocycles. The van der Waals surface area contributed by atoms with Gasteiger partial charge in [-0.05, 0) is 0 Å². The Labute approximate surface area is 98.0 Å². The summed E-state index contributed by atoms with van der Waals surface area (Å²) in [6.07, 6.45) is 1.02. The van der Waals surface area contributed by atoms with E-state index in [9.17, 15) is 4.79 Å². The summed E-state index contributed by atoms with van der Waals surface area (Å²) in [4.78, 5) is 15.4. The Hall–Kier alpha value is 0.385. The second kappa shape index (κ2) is 6.07. The molecule has 0 aromatic carbocycles. The number of nitrogens with zero attached hydrogens (tertiary/aromatic N) is 1. The second-order valence-electron chi connectivity index (χ2n) is 3.81. The Balaban J connectivity index is 2.40. The van der Waals surface area contributed by atoms with Crippen LogP contribution in [0.1, 0.15) is 13.3 Å². The van der Waals surface area contributed by atoms with Gasteiger partial charge in [0.1, 0.15) is 0 Å². The van der Waals surface area contributed by atoms with Gasteiger partial charge in [-0.2, -0.15) is 0 Å². The standard InChI is InChI=1S/C9H17BIN2O/c1-7(14)5-13-6-8(10)3-9(13)4-12-11-2/h8-9,12H,3-6H2,1-2H3/q-1/t8-,9+/m0/s1. The zero-order valence-electron chi connectivity index (χ0n) is 8.79. The number of hydrogen-bond acceptors (Lipinski definition) is 3. The molecule has 1 fully saturated rings. The molecule has 0 spiro atoms. The number of hydrogen-bond donors (Lipinski definition) is 1. The van der Waals surface area contributed by atoms with Gasteiger partial charge in [0.05, 0.1) is 0 Å². The van der Waals surface area contributed by atoms with E-state index < -0.39 is 0 Å². The van der Waals surface area contributed by atoms with Gasteiger partial charge in [-0.3, -0.25) is 0 Å². The monoisotopic (exact) mass is 307 g/mol. The fraction of sp³-hybridized carbons (Fsp3) is 0.889. The number of alkyl halides is 1. The van der Waals surface area contributed by atoms with E-state index >= 15 is 0 Å². The first-order valence-electron chi connectivity index (χ1n) is 4.84. The first kappa shape index (κ1) is 12.5. The van der Waals surface area contributed by atoms with Crippen molar-refractivity contribution in [3.05, 3.63) is 0 Å². The third-order valence-electron chi connectivity index (χ3n) is 2.43. The van der Waals surface area contributed by atoms with Crippen LogP contribution in [0.2, 0.25) is 5.82 Å². The van der Waals surface area contributed by atoms with Crippen LogP contribution in [0, 0.1) is 0 Å². The molecular formula is C9H17BIN2O-. The zero-order valence-corrected chi connectivity index (χ0v) is 11.0. The van der Waals surface area contributed by atoms with Gasteiger partial charge in [-0.1, -0.05) is 0 Å². The Morgan fingerprint density at radius 2 is 2.43 bits per heavy atom. The summed E-state index contributed by atoms with van der Waals surface area (Å²) in [7, 11) is 5.89. The van der Waals surface area contributed by atoms with E-state index in [0.29, 0.717) is 12.6 Å². The van der Waals surface area contributed by atoms with E-state index in [1.54, 1.807) is 6.92 Å². The van der Waals surface area contributed by atoms with Crippen LogP contribution < -0.4 is 25.0 Å². The maximum atomic E-state index is 11.0. The van der Waals surface area contributed by atoms with Crippen LogP contribution >= 0.6 is 0 Å². The summed E-state index contributed by atoms with van der Waals surface area (Å²) in [5.74, 6) is 0.478. The minimum absolute atomic E-state index is 0.132. The number of carbonyl (C=O) groups is 1. The Morgan fingerprint density at radius 3 is 3.00 bits per heavy atom. The number of rotatable bonds is 5. The number of Topliss-reactive ketones (excluding diaryl/α,β-unsaturated/α-hetero) is 1. The van der Waals surface area contributed by atoms with Crippen molar-refractivity contribution in [1.29, 1.82) is 0 Å². The predicted molar refractivity (Wildman–Crippen MR) is 54.1 cm³/mol. The molecule has 1 saturated heterocycles. The van der Waals surface area contributed by atoms with Gasteiger partial charge in [0.2, 0.25) is 0 Å². The van der Waals surface area contributed by atoms with E-state index in [4.69, 9.17) is 7.85 Å². The van der Waals surface area contributed by atoms with E-state index in [-0.39, 0.29) is 33.1 Å². The molecule has 80 valence electrons. The molecule has 1 aliphatic rings. The van der Waals surface area contributed by atoms with Crippen molar-refractivity contribution in [3.63, 3.8) is 0 Å². The Bertz CT molecular complexity index is 203. The molecule has 0 amide bonds. The average Bonchev–Trinajstić information content (AvgIpc) is 2.41. The van der Waals surface area contributed by atoms with Crippen molar-refractivity contribution in [1.82, 2.24) is 8.43 Å². The summed E-state index contributed by atoms with van der Waals surface area (Å²) in [5.41, 5.74) is 0. The van der Waals surface area contributed by atoms with Crippen molar-refractivity contribution in [2.45, 2.75) is 25.2 Å². The predicted octanol–water partition coefficient (Wildman–Crippen LogP) is -3.17. The third-order valence-corrected chi connectivity index (χ3v) is 3.64. The van der Waals surface area contributed by atoms with Gasteiger partial charge in [-0.25, -0.2) is 0 Å². The van der Waals surface area contributed by atoms with Gasteiger partial charge in [0.25, 0.3) is 0 Å². The molecule has 2 radical (unpaired) electrons. The normalized spacial score (nSPS) is 28.4. The van der Waals surface area contributed by atoms with E-state index in [2.05, 4.69) is 13.4 Å². The topological polar surface area (TPSA) is 32.3 Å². The summed E-state index contributed by atoms with van der Waals surface area (Å²) in [6.45, 7) is 4.06. The van der Waals surface area contributed by atoms with Crippen molar-refractivity contribution < 1.29 is 26.3 Å². The van der Waals surface area contributed by atoms with Crippen LogP contribution in [0.5, 0.6) is 0 Å². The van der Waals surface area contributed by atoms with E-state index in [1.807, 2.05) is 0 Å². The fourth-order valence-electron chi connectivity index (χ4n) is 1.88. The Kier molecular flexibility index (Phi) is 5.40. The quantitative estimate of drug-likeness (QED) is 0.252. The first-order valence-corrected chi connectivity index (χ1v) is 8.07. The molecule has 1 N–H and O–H groups in total. The molecular weight excluding hydrogens is 290 g/mol. The summed E-state index contributed by atoms with van der Waals surface area (Å²) in [5, 5.41) is 0. The van der Waals surface area contributed by atoms with Gasteiger partial charge in [0, 0.05) is 0 Å². The van der Waals surface area contributed by atoms with Gasteiger partial charge in [-0.15, -0.1) is 0 Å². The van der Waals surface area contributed by atoms with Crippen molar-refractivity contribution in [3.8, 4) is 0 Å². The van der Waals surface area contributed by atoms with Crippen molar-refractivity contribution in [2.24, 2.45) is 0 Å². The molecule has 2 atom stereocenters. The van der Waals surface area contributed by atoms with Crippen LogP contribution in [0.4, 0.5) is 0 Å². The molecule has 5 heteroatoms. The van der Waals surface area contributed by atoms with Crippen molar-refractivity contribution >= 4 is 13.6 Å². The van der Waals surface area contributed by atoms with Crippen LogP contribution in [0.3, 0.4) is 0 Å². The maximum absolute atomic E-state index is 11.0. The Morgan fingerprint density at radius 1 is 1.71 bits per heavy atom. The number of halogens is 1. The summed E-state index contributed by atoms with van der Waals surface area (Å²) < 4.78 is 3.42. The van der Waals surface area contributed by atoms with E-state index in [1.165, 1.54) is 0 Å². The van der Waals surface area contributed by atoms with Crippen LogP contribution in [0.25, 0.3) is 0 Å². The van der Waals surface area contributed by atoms with Crippen LogP contribution in [-0.4, -0.2) is 49.1 Å². The van der Waals surface area contributed by atoms with E-state index in [0.717, 1.165) is 19.5 Å². The molecule has 1 aliphatic heterocycles. The molecule has 0 unspecified atom stereocenters. The molecule has 0 aromatic rings. The number of nitrogens with one attached hydrogen (secondary N) is 1. The summed E-state index contributed by atoms with van der Waals surface area (Å²) in [6, 6.07) is 0.466. The average molecular weight is 307 g/mol. The zero-order chi connectivity index (χ0) is 10.6. The number of carbonyl (C=O) groups excluding carboxylic acids is 1. The molecule has 1 rings (SSSR count). The molecule has 0 bridgehead atoms. The molecule has 0 saturated carbocycles. The second-order valence-corrected chi connectivity index (χ2v) is 5.65. The van der Waals surface area contributed by atoms with Crippen LogP contribution in [0.15, 0.2) is 0 Å². The van der Waals surface area contributed by atoms with Crippen molar-refractivity contribution in [2.75, 3.05) is 24.6 Å². The minimum atomic E-state index is 0.132. The van der Waals surface area contributed by atoms with Crippen LogP contribution in [-0.2, 0) is 4.79 Å². The van der Waals surface area contributed by atoms with Gasteiger partial charge in [0.15, 0.2) is 0 Å². The van der Waals surface area contributed by atoms with Gasteiger partial charge < -0.3 is 0 Å². The molecule has 1 heterocycles. The molecule has 3 nitrogen and oxygen atoms in total. The summed E-state index contributed by atoms with van der Waals surface area (Å²) >= 11 is 0.132. The number of likely N-dealkylation sites (tertiary alicyclic amines) is 1. The molecule has 14 heavy (non-hydrogen) atoms. The van der Waals surface area contributed by atoms with Gasteiger partial charge >= 0.3 is 98.1 Å². The number of ketones is 1. The molecule has 0 aliphatic carbocycles.